The summed E-state index contributed by atoms with van der Waals surface area (Å²) in [6, 6.07) is 18.4. The highest BCUT2D eigenvalue weighted by Gasteiger charge is 2.24. The van der Waals surface area contributed by atoms with Crippen molar-refractivity contribution in [1.29, 1.82) is 0 Å². The quantitative estimate of drug-likeness (QED) is 0.757. The van der Waals surface area contributed by atoms with E-state index in [1.54, 1.807) is 0 Å². The highest BCUT2D eigenvalue weighted by Crippen LogP contribution is 2.24. The first-order chi connectivity index (χ1) is 13.3. The van der Waals surface area contributed by atoms with Gasteiger partial charge >= 0.3 is 0 Å². The minimum absolute atomic E-state index is 0.0988. The Labute approximate surface area is 159 Å². The Balaban J connectivity index is 1.59. The number of nitrogens with zero attached hydrogens (tertiary/aromatic N) is 3. The molecule has 2 aromatic carbocycles. The standard InChI is InChI=1S/C22H25N3O2/c26-15-14-23-10-12-24(13-11-23)22(27)20-17-25(16-18-6-2-1-3-7-18)21-9-5-4-8-19(20)21/h1-9,17,26H,10-16H2. The molecule has 140 valence electrons. The minimum Gasteiger partial charge on any atom is -0.395 e. The number of aliphatic hydroxyl groups excluding tert-OH is 1. The van der Waals surface area contributed by atoms with Crippen LogP contribution in [0.4, 0.5) is 0 Å². The summed E-state index contributed by atoms with van der Waals surface area (Å²) in [7, 11) is 0. The first kappa shape index (κ1) is 17.8. The lowest BCUT2D eigenvalue weighted by Gasteiger charge is -2.34. The number of para-hydroxylation sites is 1. The number of carbonyl (C=O) groups is 1. The van der Waals surface area contributed by atoms with E-state index in [9.17, 15) is 4.79 Å². The predicted octanol–water partition coefficient (Wildman–Crippen LogP) is 2.44. The number of rotatable bonds is 5. The summed E-state index contributed by atoms with van der Waals surface area (Å²) in [6.45, 7) is 4.64. The molecule has 1 fully saturated rings. The van der Waals surface area contributed by atoms with Gasteiger partial charge in [-0.2, -0.15) is 0 Å². The maximum atomic E-state index is 13.2. The summed E-state index contributed by atoms with van der Waals surface area (Å²) in [6.07, 6.45) is 2.00. The van der Waals surface area contributed by atoms with Crippen molar-refractivity contribution in [3.8, 4) is 0 Å². The number of piperazine rings is 1. The van der Waals surface area contributed by atoms with E-state index < -0.39 is 0 Å². The smallest absolute Gasteiger partial charge is 0.256 e. The normalized spacial score (nSPS) is 15.4. The van der Waals surface area contributed by atoms with Gasteiger partial charge in [0.15, 0.2) is 0 Å². The van der Waals surface area contributed by atoms with Gasteiger partial charge in [0.05, 0.1) is 12.2 Å². The molecule has 0 unspecified atom stereocenters. The Morgan fingerprint density at radius 3 is 2.37 bits per heavy atom. The zero-order chi connectivity index (χ0) is 18.6. The molecule has 0 bridgehead atoms. The van der Waals surface area contributed by atoms with Gasteiger partial charge in [0, 0.05) is 56.4 Å². The first-order valence-corrected chi connectivity index (χ1v) is 9.50. The Morgan fingerprint density at radius 1 is 0.926 bits per heavy atom. The lowest BCUT2D eigenvalue weighted by molar-refractivity contribution is 0.0616. The predicted molar refractivity (Wildman–Crippen MR) is 107 cm³/mol. The molecular formula is C22H25N3O2. The molecule has 3 aromatic rings. The van der Waals surface area contributed by atoms with Gasteiger partial charge in [-0.05, 0) is 11.6 Å². The number of fused-ring (bicyclic) bond motifs is 1. The van der Waals surface area contributed by atoms with Crippen LogP contribution < -0.4 is 0 Å². The maximum absolute atomic E-state index is 13.2. The molecule has 0 saturated carbocycles. The Morgan fingerprint density at radius 2 is 1.63 bits per heavy atom. The van der Waals surface area contributed by atoms with E-state index in [1.807, 2.05) is 47.5 Å². The number of benzene rings is 2. The number of aliphatic hydroxyl groups is 1. The van der Waals surface area contributed by atoms with Gasteiger partial charge in [0.2, 0.25) is 0 Å². The van der Waals surface area contributed by atoms with Crippen LogP contribution >= 0.6 is 0 Å². The van der Waals surface area contributed by atoms with Crippen molar-refractivity contribution in [2.75, 3.05) is 39.3 Å². The largest absolute Gasteiger partial charge is 0.395 e. The SMILES string of the molecule is O=C(c1cn(Cc2ccccc2)c2ccccc12)N1CCN(CCO)CC1. The van der Waals surface area contributed by atoms with E-state index in [1.165, 1.54) is 5.56 Å². The average molecular weight is 363 g/mol. The molecular weight excluding hydrogens is 338 g/mol. The molecule has 2 heterocycles. The van der Waals surface area contributed by atoms with Crippen LogP contribution in [0.1, 0.15) is 15.9 Å². The van der Waals surface area contributed by atoms with Crippen molar-refractivity contribution in [2.45, 2.75) is 6.54 Å². The molecule has 1 aliphatic rings. The highest BCUT2D eigenvalue weighted by molar-refractivity contribution is 6.07. The van der Waals surface area contributed by atoms with Gasteiger partial charge in [-0.1, -0.05) is 48.5 Å². The lowest BCUT2D eigenvalue weighted by Crippen LogP contribution is -2.49. The van der Waals surface area contributed by atoms with Crippen LogP contribution in [0.25, 0.3) is 10.9 Å². The van der Waals surface area contributed by atoms with E-state index in [0.717, 1.165) is 36.1 Å². The lowest BCUT2D eigenvalue weighted by atomic mass is 10.1. The van der Waals surface area contributed by atoms with Gasteiger partial charge in [0.1, 0.15) is 0 Å². The van der Waals surface area contributed by atoms with E-state index in [2.05, 4.69) is 27.7 Å². The van der Waals surface area contributed by atoms with Crippen LogP contribution in [-0.2, 0) is 6.54 Å². The number of hydrogen-bond acceptors (Lipinski definition) is 3. The van der Waals surface area contributed by atoms with Crippen LogP contribution in [0.2, 0.25) is 0 Å². The number of amides is 1. The Kier molecular flexibility index (Phi) is 5.23. The summed E-state index contributed by atoms with van der Waals surface area (Å²) in [5.74, 6) is 0.0988. The van der Waals surface area contributed by atoms with Crippen molar-refractivity contribution in [3.05, 3.63) is 71.9 Å². The van der Waals surface area contributed by atoms with Gasteiger partial charge < -0.3 is 14.6 Å². The topological polar surface area (TPSA) is 48.7 Å². The fraction of sp³-hybridized carbons (Fsp3) is 0.318. The third kappa shape index (κ3) is 3.75. The summed E-state index contributed by atoms with van der Waals surface area (Å²) < 4.78 is 2.17. The zero-order valence-corrected chi connectivity index (χ0v) is 15.4. The van der Waals surface area contributed by atoms with Gasteiger partial charge in [-0.25, -0.2) is 0 Å². The molecule has 27 heavy (non-hydrogen) atoms. The molecule has 0 aliphatic carbocycles. The molecule has 5 nitrogen and oxygen atoms in total. The summed E-state index contributed by atoms with van der Waals surface area (Å²) in [5, 5.41) is 10.1. The fourth-order valence-electron chi connectivity index (χ4n) is 3.81. The van der Waals surface area contributed by atoms with Gasteiger partial charge in [0.25, 0.3) is 5.91 Å². The molecule has 4 rings (SSSR count). The molecule has 1 N–H and O–H groups in total. The van der Waals surface area contributed by atoms with Crippen molar-refractivity contribution in [2.24, 2.45) is 0 Å². The summed E-state index contributed by atoms with van der Waals surface area (Å²) in [5.41, 5.74) is 3.08. The second-order valence-corrected chi connectivity index (χ2v) is 7.03. The minimum atomic E-state index is 0.0988. The van der Waals surface area contributed by atoms with E-state index in [4.69, 9.17) is 5.11 Å². The van der Waals surface area contributed by atoms with Crippen molar-refractivity contribution < 1.29 is 9.90 Å². The van der Waals surface area contributed by atoms with Crippen LogP contribution in [0.15, 0.2) is 60.8 Å². The van der Waals surface area contributed by atoms with Crippen molar-refractivity contribution in [1.82, 2.24) is 14.4 Å². The van der Waals surface area contributed by atoms with E-state index >= 15 is 0 Å². The van der Waals surface area contributed by atoms with E-state index in [0.29, 0.717) is 19.6 Å². The zero-order valence-electron chi connectivity index (χ0n) is 15.4. The van der Waals surface area contributed by atoms with Crippen LogP contribution in [-0.4, -0.2) is 64.7 Å². The second-order valence-electron chi connectivity index (χ2n) is 7.03. The highest BCUT2D eigenvalue weighted by atomic mass is 16.3. The van der Waals surface area contributed by atoms with Crippen molar-refractivity contribution in [3.63, 3.8) is 0 Å². The third-order valence-electron chi connectivity index (χ3n) is 5.29. The Hall–Kier alpha value is -2.63. The second kappa shape index (κ2) is 7.94. The molecule has 1 saturated heterocycles. The number of carbonyl (C=O) groups excluding carboxylic acids is 1. The molecule has 1 aliphatic heterocycles. The average Bonchev–Trinajstić information content (AvgIpc) is 3.08. The maximum Gasteiger partial charge on any atom is 0.256 e. The Bertz CT molecular complexity index is 912. The third-order valence-corrected chi connectivity index (χ3v) is 5.29. The van der Waals surface area contributed by atoms with E-state index in [-0.39, 0.29) is 12.5 Å². The molecule has 0 spiro atoms. The number of aromatic nitrogens is 1. The number of β-amino-alcohol motifs (C(OH)–C–C–N with tert-alkyl or cyclic N) is 1. The molecule has 1 amide bonds. The van der Waals surface area contributed by atoms with Gasteiger partial charge in [-0.15, -0.1) is 0 Å². The summed E-state index contributed by atoms with van der Waals surface area (Å²) in [4.78, 5) is 17.3. The molecule has 1 aromatic heterocycles. The molecule has 0 atom stereocenters. The van der Waals surface area contributed by atoms with Gasteiger partial charge in [-0.3, -0.25) is 9.69 Å². The van der Waals surface area contributed by atoms with Crippen molar-refractivity contribution >= 4 is 16.8 Å². The summed E-state index contributed by atoms with van der Waals surface area (Å²) >= 11 is 0. The monoisotopic (exact) mass is 363 g/mol. The number of hydrogen-bond donors (Lipinski definition) is 1. The van der Waals surface area contributed by atoms with Crippen LogP contribution in [0, 0.1) is 0 Å². The first-order valence-electron chi connectivity index (χ1n) is 9.50. The fourth-order valence-corrected chi connectivity index (χ4v) is 3.81. The molecule has 5 heteroatoms. The van der Waals surface area contributed by atoms with Crippen LogP contribution in [0.3, 0.4) is 0 Å². The molecule has 0 radical (unpaired) electrons. The van der Waals surface area contributed by atoms with Crippen LogP contribution in [0.5, 0.6) is 0 Å².